The van der Waals surface area contributed by atoms with Crippen LogP contribution in [0.15, 0.2) is 65.6 Å². The highest BCUT2D eigenvalue weighted by molar-refractivity contribution is 5.96. The van der Waals surface area contributed by atoms with Crippen molar-refractivity contribution >= 4 is 34.2 Å². The van der Waals surface area contributed by atoms with E-state index in [-0.39, 0.29) is 17.4 Å². The number of para-hydroxylation sites is 2. The van der Waals surface area contributed by atoms with E-state index >= 15 is 0 Å². The Bertz CT molecular complexity index is 1250. The third kappa shape index (κ3) is 3.29. The van der Waals surface area contributed by atoms with Crippen LogP contribution in [0.25, 0.3) is 16.7 Å². The van der Waals surface area contributed by atoms with Gasteiger partial charge >= 0.3 is 5.97 Å². The Hall–Kier alpha value is -3.74. The quantitative estimate of drug-likeness (QED) is 0.434. The molecule has 4 rings (SSSR count). The predicted octanol–water partition coefficient (Wildman–Crippen LogP) is 3.55. The molecular weight excluding hydrogens is 356 g/mol. The monoisotopic (exact) mass is 374 g/mol. The zero-order valence-electron chi connectivity index (χ0n) is 15.4. The molecule has 2 aromatic heterocycles. The van der Waals surface area contributed by atoms with E-state index < -0.39 is 5.97 Å². The maximum Gasteiger partial charge on any atom is 0.340 e. The number of nitrogens with one attached hydrogen (secondary N) is 1. The van der Waals surface area contributed by atoms with E-state index in [9.17, 15) is 9.59 Å². The second-order valence-corrected chi connectivity index (χ2v) is 6.54. The number of nitrogens with zero attached hydrogens (tertiary/aromatic N) is 3. The fraction of sp³-hybridized carbons (Fsp3) is 0.143. The molecule has 4 aromatic rings. The number of carbonyl (C=O) groups excluding carboxylic acids is 1. The maximum atomic E-state index is 12.6. The van der Waals surface area contributed by atoms with Crippen LogP contribution < -0.4 is 10.9 Å². The van der Waals surface area contributed by atoms with E-state index in [0.717, 1.165) is 0 Å². The van der Waals surface area contributed by atoms with Crippen molar-refractivity contribution in [2.24, 2.45) is 0 Å². The summed E-state index contributed by atoms with van der Waals surface area (Å²) in [5.74, 6) is 0.321. The minimum Gasteiger partial charge on any atom is -0.459 e. The molecule has 0 unspecified atom stereocenters. The lowest BCUT2D eigenvalue weighted by atomic mass is 10.2. The van der Waals surface area contributed by atoms with Crippen molar-refractivity contribution in [1.29, 1.82) is 0 Å². The Morgan fingerprint density at radius 2 is 1.79 bits per heavy atom. The first-order valence-electron chi connectivity index (χ1n) is 8.88. The molecule has 140 valence electrons. The summed E-state index contributed by atoms with van der Waals surface area (Å²) in [5, 5.41) is 3.65. The number of anilines is 2. The number of benzene rings is 2. The molecule has 0 amide bonds. The molecule has 28 heavy (non-hydrogen) atoms. The minimum atomic E-state index is -0.417. The van der Waals surface area contributed by atoms with Crippen LogP contribution in [0.1, 0.15) is 24.2 Å². The largest absolute Gasteiger partial charge is 0.459 e. The van der Waals surface area contributed by atoms with Crippen molar-refractivity contribution in [1.82, 2.24) is 14.4 Å². The maximum absolute atomic E-state index is 12.6. The highest BCUT2D eigenvalue weighted by Gasteiger charge is 2.15. The zero-order chi connectivity index (χ0) is 19.7. The fourth-order valence-electron chi connectivity index (χ4n) is 2.89. The van der Waals surface area contributed by atoms with Gasteiger partial charge in [-0.3, -0.25) is 9.20 Å². The summed E-state index contributed by atoms with van der Waals surface area (Å²) in [6.07, 6.45) is 1.39. The Labute approximate surface area is 160 Å². The molecule has 0 radical (unpaired) electrons. The Morgan fingerprint density at radius 1 is 1.04 bits per heavy atom. The third-order valence-electron chi connectivity index (χ3n) is 4.14. The summed E-state index contributed by atoms with van der Waals surface area (Å²) in [7, 11) is 0. The molecule has 0 saturated carbocycles. The number of carbonyl (C=O) groups is 1. The second-order valence-electron chi connectivity index (χ2n) is 6.54. The molecule has 0 saturated heterocycles. The van der Waals surface area contributed by atoms with Gasteiger partial charge in [-0.2, -0.15) is 4.98 Å². The van der Waals surface area contributed by atoms with Gasteiger partial charge in [0.2, 0.25) is 5.78 Å². The number of aromatic nitrogens is 3. The summed E-state index contributed by atoms with van der Waals surface area (Å²) in [6, 6.07) is 15.8. The van der Waals surface area contributed by atoms with Gasteiger partial charge in [0, 0.05) is 6.20 Å². The molecule has 7 heteroatoms. The second kappa shape index (κ2) is 7.11. The molecule has 0 aliphatic rings. The molecule has 0 bridgehead atoms. The van der Waals surface area contributed by atoms with Crippen molar-refractivity contribution in [3.05, 3.63) is 76.7 Å². The Balaban J connectivity index is 1.74. The first kappa shape index (κ1) is 17.7. The number of ether oxygens (including phenoxy) is 1. The van der Waals surface area contributed by atoms with Crippen LogP contribution in [0.3, 0.4) is 0 Å². The van der Waals surface area contributed by atoms with E-state index in [1.54, 1.807) is 62.5 Å². The smallest absolute Gasteiger partial charge is 0.340 e. The SMILES string of the molecule is CC(C)OC(=O)c1ccccc1Nc1ccn2c(=O)c3ccccc3nc2n1. The first-order chi connectivity index (χ1) is 13.5. The van der Waals surface area contributed by atoms with Crippen molar-refractivity contribution in [2.45, 2.75) is 20.0 Å². The van der Waals surface area contributed by atoms with Gasteiger partial charge in [0.15, 0.2) is 0 Å². The van der Waals surface area contributed by atoms with Crippen LogP contribution in [0.2, 0.25) is 0 Å². The summed E-state index contributed by atoms with van der Waals surface area (Å²) in [4.78, 5) is 33.8. The van der Waals surface area contributed by atoms with Gasteiger partial charge in [0.05, 0.1) is 28.3 Å². The standard InChI is InChI=1S/C21H18N4O3/c1-13(2)28-20(27)15-8-4-6-10-17(15)22-18-11-12-25-19(26)14-7-3-5-9-16(14)23-21(25)24-18/h3-13H,1-2H3,(H,22,23,24). The topological polar surface area (TPSA) is 85.6 Å². The van der Waals surface area contributed by atoms with Crippen LogP contribution in [0, 0.1) is 0 Å². The minimum absolute atomic E-state index is 0.180. The van der Waals surface area contributed by atoms with E-state index in [1.807, 2.05) is 12.1 Å². The van der Waals surface area contributed by atoms with Gasteiger partial charge in [-0.25, -0.2) is 9.78 Å². The molecule has 0 fully saturated rings. The molecule has 0 atom stereocenters. The summed E-state index contributed by atoms with van der Waals surface area (Å²) >= 11 is 0. The van der Waals surface area contributed by atoms with Gasteiger partial charge < -0.3 is 10.1 Å². The zero-order valence-corrected chi connectivity index (χ0v) is 15.4. The van der Waals surface area contributed by atoms with E-state index in [2.05, 4.69) is 15.3 Å². The average Bonchev–Trinajstić information content (AvgIpc) is 2.68. The highest BCUT2D eigenvalue weighted by atomic mass is 16.5. The predicted molar refractivity (Wildman–Crippen MR) is 107 cm³/mol. The summed E-state index contributed by atoms with van der Waals surface area (Å²) in [5.41, 5.74) is 1.37. The van der Waals surface area contributed by atoms with Crippen molar-refractivity contribution < 1.29 is 9.53 Å². The molecular formula is C21H18N4O3. The fourth-order valence-corrected chi connectivity index (χ4v) is 2.89. The highest BCUT2D eigenvalue weighted by Crippen LogP contribution is 2.21. The van der Waals surface area contributed by atoms with E-state index in [0.29, 0.717) is 28.0 Å². The van der Waals surface area contributed by atoms with Gasteiger partial charge in [-0.05, 0) is 44.2 Å². The van der Waals surface area contributed by atoms with Crippen molar-refractivity contribution in [3.8, 4) is 0 Å². The van der Waals surface area contributed by atoms with Crippen molar-refractivity contribution in [3.63, 3.8) is 0 Å². The third-order valence-corrected chi connectivity index (χ3v) is 4.14. The Kier molecular flexibility index (Phi) is 4.49. The molecule has 2 heterocycles. The number of rotatable bonds is 4. The van der Waals surface area contributed by atoms with Crippen molar-refractivity contribution in [2.75, 3.05) is 5.32 Å². The van der Waals surface area contributed by atoms with Gasteiger partial charge in [0.1, 0.15) is 5.82 Å². The molecule has 1 N–H and O–H groups in total. The van der Waals surface area contributed by atoms with E-state index in [4.69, 9.17) is 4.74 Å². The van der Waals surface area contributed by atoms with Crippen LogP contribution in [0.4, 0.5) is 11.5 Å². The lowest BCUT2D eigenvalue weighted by molar-refractivity contribution is 0.0379. The molecule has 2 aromatic carbocycles. The summed E-state index contributed by atoms with van der Waals surface area (Å²) < 4.78 is 6.69. The van der Waals surface area contributed by atoms with Gasteiger partial charge in [-0.1, -0.05) is 24.3 Å². The van der Waals surface area contributed by atoms with Crippen LogP contribution >= 0.6 is 0 Å². The summed E-state index contributed by atoms with van der Waals surface area (Å²) in [6.45, 7) is 3.60. The normalized spacial score (nSPS) is 11.1. The number of fused-ring (bicyclic) bond motifs is 2. The van der Waals surface area contributed by atoms with E-state index in [1.165, 1.54) is 4.40 Å². The molecule has 0 aliphatic carbocycles. The van der Waals surface area contributed by atoms with Crippen LogP contribution in [0.5, 0.6) is 0 Å². The first-order valence-corrected chi connectivity index (χ1v) is 8.88. The van der Waals surface area contributed by atoms with Gasteiger partial charge in [0.25, 0.3) is 5.56 Å². The van der Waals surface area contributed by atoms with Crippen LogP contribution in [-0.4, -0.2) is 26.4 Å². The van der Waals surface area contributed by atoms with Crippen LogP contribution in [-0.2, 0) is 4.74 Å². The van der Waals surface area contributed by atoms with Gasteiger partial charge in [-0.15, -0.1) is 0 Å². The Morgan fingerprint density at radius 3 is 2.61 bits per heavy atom. The molecule has 0 aliphatic heterocycles. The molecule has 7 nitrogen and oxygen atoms in total. The average molecular weight is 374 g/mol. The number of hydrogen-bond acceptors (Lipinski definition) is 6. The molecule has 0 spiro atoms. The number of hydrogen-bond donors (Lipinski definition) is 1. The number of esters is 1. The lowest BCUT2D eigenvalue weighted by Gasteiger charge is -2.13. The lowest BCUT2D eigenvalue weighted by Crippen LogP contribution is -2.17.